The van der Waals surface area contributed by atoms with E-state index in [1.54, 1.807) is 0 Å². The van der Waals surface area contributed by atoms with Gasteiger partial charge in [-0.25, -0.2) is 8.78 Å². The summed E-state index contributed by atoms with van der Waals surface area (Å²) in [6, 6.07) is 3.81. The first-order valence-corrected chi connectivity index (χ1v) is 7.22. The SMILES string of the molecule is CCC1CCC(C)N1C(C)C(=O)c1ccc(F)c(F)c1. The fourth-order valence-corrected chi connectivity index (χ4v) is 3.23. The molecule has 110 valence electrons. The first-order valence-electron chi connectivity index (χ1n) is 7.22. The maximum absolute atomic E-state index is 13.3. The molecule has 0 aliphatic carbocycles. The third-order valence-electron chi connectivity index (χ3n) is 4.35. The highest BCUT2D eigenvalue weighted by Gasteiger charge is 2.36. The molecule has 1 aromatic rings. The number of likely N-dealkylation sites (tertiary alicyclic amines) is 1. The Labute approximate surface area is 118 Å². The smallest absolute Gasteiger partial charge is 0.179 e. The van der Waals surface area contributed by atoms with Crippen molar-refractivity contribution in [3.8, 4) is 0 Å². The van der Waals surface area contributed by atoms with Crippen molar-refractivity contribution in [3.05, 3.63) is 35.4 Å². The average Bonchev–Trinajstić information content (AvgIpc) is 2.81. The van der Waals surface area contributed by atoms with E-state index in [4.69, 9.17) is 0 Å². The lowest BCUT2D eigenvalue weighted by Gasteiger charge is -2.33. The lowest BCUT2D eigenvalue weighted by Crippen LogP contribution is -2.45. The van der Waals surface area contributed by atoms with Gasteiger partial charge in [0.15, 0.2) is 17.4 Å². The van der Waals surface area contributed by atoms with E-state index in [0.717, 1.165) is 31.4 Å². The zero-order chi connectivity index (χ0) is 14.9. The van der Waals surface area contributed by atoms with Crippen molar-refractivity contribution in [1.29, 1.82) is 0 Å². The lowest BCUT2D eigenvalue weighted by atomic mass is 10.0. The third-order valence-corrected chi connectivity index (χ3v) is 4.35. The molecule has 2 rings (SSSR count). The van der Waals surface area contributed by atoms with Gasteiger partial charge in [-0.2, -0.15) is 0 Å². The molecule has 3 atom stereocenters. The molecule has 0 saturated carbocycles. The van der Waals surface area contributed by atoms with E-state index < -0.39 is 11.6 Å². The van der Waals surface area contributed by atoms with Crippen LogP contribution in [0.2, 0.25) is 0 Å². The number of carbonyl (C=O) groups excluding carboxylic acids is 1. The molecule has 3 unspecified atom stereocenters. The largest absolute Gasteiger partial charge is 0.292 e. The Balaban J connectivity index is 2.21. The first-order chi connectivity index (χ1) is 9.45. The highest BCUT2D eigenvalue weighted by Crippen LogP contribution is 2.29. The summed E-state index contributed by atoms with van der Waals surface area (Å²) in [6.45, 7) is 6.09. The summed E-state index contributed by atoms with van der Waals surface area (Å²) in [5, 5.41) is 0. The third kappa shape index (κ3) is 2.75. The fraction of sp³-hybridized carbons (Fsp3) is 0.562. The molecule has 2 nitrogen and oxygen atoms in total. The number of hydrogen-bond acceptors (Lipinski definition) is 2. The summed E-state index contributed by atoms with van der Waals surface area (Å²) < 4.78 is 26.2. The second-order valence-corrected chi connectivity index (χ2v) is 5.60. The maximum atomic E-state index is 13.3. The molecule has 1 aliphatic rings. The van der Waals surface area contributed by atoms with Crippen molar-refractivity contribution in [1.82, 2.24) is 4.90 Å². The van der Waals surface area contributed by atoms with Gasteiger partial charge in [0.25, 0.3) is 0 Å². The van der Waals surface area contributed by atoms with Gasteiger partial charge in [-0.1, -0.05) is 6.92 Å². The molecule has 1 aromatic carbocycles. The molecule has 0 radical (unpaired) electrons. The molecule has 0 bridgehead atoms. The van der Waals surface area contributed by atoms with Crippen molar-refractivity contribution in [2.45, 2.75) is 58.2 Å². The molecule has 1 aliphatic heterocycles. The van der Waals surface area contributed by atoms with E-state index in [0.29, 0.717) is 12.1 Å². The molecule has 1 saturated heterocycles. The molecule has 0 spiro atoms. The molecule has 4 heteroatoms. The maximum Gasteiger partial charge on any atom is 0.179 e. The van der Waals surface area contributed by atoms with E-state index in [2.05, 4.69) is 18.7 Å². The number of benzene rings is 1. The van der Waals surface area contributed by atoms with Crippen LogP contribution in [0.5, 0.6) is 0 Å². The van der Waals surface area contributed by atoms with Crippen LogP contribution >= 0.6 is 0 Å². The minimum Gasteiger partial charge on any atom is -0.292 e. The minimum absolute atomic E-state index is 0.142. The van der Waals surface area contributed by atoms with Crippen molar-refractivity contribution < 1.29 is 13.6 Å². The predicted molar refractivity (Wildman–Crippen MR) is 74.8 cm³/mol. The van der Waals surface area contributed by atoms with Gasteiger partial charge in [-0.3, -0.25) is 9.69 Å². The zero-order valence-corrected chi connectivity index (χ0v) is 12.2. The van der Waals surface area contributed by atoms with Crippen molar-refractivity contribution in [3.63, 3.8) is 0 Å². The Morgan fingerprint density at radius 3 is 2.65 bits per heavy atom. The van der Waals surface area contributed by atoms with E-state index in [-0.39, 0.29) is 17.4 Å². The first kappa shape index (κ1) is 15.1. The standard InChI is InChI=1S/C16H21F2NO/c1-4-13-7-5-10(2)19(13)11(3)16(20)12-6-8-14(17)15(18)9-12/h6,8-11,13H,4-5,7H2,1-3H3. The van der Waals surface area contributed by atoms with E-state index in [9.17, 15) is 13.6 Å². The number of carbonyl (C=O) groups is 1. The summed E-state index contributed by atoms with van der Waals surface area (Å²) >= 11 is 0. The Morgan fingerprint density at radius 1 is 1.35 bits per heavy atom. The van der Waals surface area contributed by atoms with Gasteiger partial charge in [0.05, 0.1) is 6.04 Å². The molecule has 1 heterocycles. The molecular weight excluding hydrogens is 260 g/mol. The second kappa shape index (κ2) is 6.00. The normalized spacial score (nSPS) is 24.9. The average molecular weight is 281 g/mol. The number of rotatable bonds is 4. The Kier molecular flexibility index (Phi) is 4.53. The van der Waals surface area contributed by atoms with Gasteiger partial charge < -0.3 is 0 Å². The number of ketones is 1. The quantitative estimate of drug-likeness (QED) is 0.782. The Bertz CT molecular complexity index is 503. The van der Waals surface area contributed by atoms with Crippen LogP contribution in [0, 0.1) is 11.6 Å². The molecule has 0 aromatic heterocycles. The number of Topliss-reactive ketones (excluding diaryl/α,β-unsaturated/α-hetero) is 1. The van der Waals surface area contributed by atoms with E-state index in [1.807, 2.05) is 6.92 Å². The minimum atomic E-state index is -0.968. The monoisotopic (exact) mass is 281 g/mol. The van der Waals surface area contributed by atoms with Crippen LogP contribution in [-0.2, 0) is 0 Å². The highest BCUT2D eigenvalue weighted by molar-refractivity contribution is 5.99. The topological polar surface area (TPSA) is 20.3 Å². The van der Waals surface area contributed by atoms with Gasteiger partial charge in [0.1, 0.15) is 0 Å². The van der Waals surface area contributed by atoms with Gasteiger partial charge in [0, 0.05) is 17.6 Å². The Morgan fingerprint density at radius 2 is 2.05 bits per heavy atom. The molecule has 1 fully saturated rings. The van der Waals surface area contributed by atoms with Gasteiger partial charge >= 0.3 is 0 Å². The van der Waals surface area contributed by atoms with Gasteiger partial charge in [-0.15, -0.1) is 0 Å². The van der Waals surface area contributed by atoms with Crippen LogP contribution in [0.4, 0.5) is 8.78 Å². The second-order valence-electron chi connectivity index (χ2n) is 5.60. The Hall–Kier alpha value is -1.29. The molecular formula is C16H21F2NO. The van der Waals surface area contributed by atoms with Crippen molar-refractivity contribution in [2.24, 2.45) is 0 Å². The fourth-order valence-electron chi connectivity index (χ4n) is 3.23. The number of nitrogens with zero attached hydrogens (tertiary/aromatic N) is 1. The van der Waals surface area contributed by atoms with Crippen molar-refractivity contribution >= 4 is 5.78 Å². The van der Waals surface area contributed by atoms with Crippen LogP contribution in [0.1, 0.15) is 50.4 Å². The van der Waals surface area contributed by atoms with Gasteiger partial charge in [0.2, 0.25) is 0 Å². The number of halogens is 2. The molecule has 20 heavy (non-hydrogen) atoms. The zero-order valence-electron chi connectivity index (χ0n) is 12.2. The number of hydrogen-bond donors (Lipinski definition) is 0. The summed E-state index contributed by atoms with van der Waals surface area (Å²) in [6.07, 6.45) is 3.17. The predicted octanol–water partition coefficient (Wildman–Crippen LogP) is 3.80. The summed E-state index contributed by atoms with van der Waals surface area (Å²) in [4.78, 5) is 14.7. The van der Waals surface area contributed by atoms with Crippen LogP contribution in [0.15, 0.2) is 18.2 Å². The van der Waals surface area contributed by atoms with Gasteiger partial charge in [-0.05, 0) is 51.3 Å². The van der Waals surface area contributed by atoms with Crippen LogP contribution < -0.4 is 0 Å². The summed E-state index contributed by atoms with van der Waals surface area (Å²) in [5.74, 6) is -2.03. The van der Waals surface area contributed by atoms with Crippen molar-refractivity contribution in [2.75, 3.05) is 0 Å². The molecule has 0 amide bonds. The van der Waals surface area contributed by atoms with Crippen LogP contribution in [-0.4, -0.2) is 28.8 Å². The van der Waals surface area contributed by atoms with E-state index >= 15 is 0 Å². The van der Waals surface area contributed by atoms with Crippen LogP contribution in [0.3, 0.4) is 0 Å². The highest BCUT2D eigenvalue weighted by atomic mass is 19.2. The van der Waals surface area contributed by atoms with Crippen LogP contribution in [0.25, 0.3) is 0 Å². The van der Waals surface area contributed by atoms with E-state index in [1.165, 1.54) is 6.07 Å². The molecule has 0 N–H and O–H groups in total. The summed E-state index contributed by atoms with van der Waals surface area (Å²) in [7, 11) is 0. The lowest BCUT2D eigenvalue weighted by molar-refractivity contribution is 0.0754. The summed E-state index contributed by atoms with van der Waals surface area (Å²) in [5.41, 5.74) is 0.241.